The van der Waals surface area contributed by atoms with Gasteiger partial charge < -0.3 is 9.42 Å². The quantitative estimate of drug-likeness (QED) is 0.581. The van der Waals surface area contributed by atoms with Gasteiger partial charge in [-0.2, -0.15) is 4.98 Å². The summed E-state index contributed by atoms with van der Waals surface area (Å²) in [5.74, 6) is 3.34. The van der Waals surface area contributed by atoms with E-state index < -0.39 is 0 Å². The highest BCUT2D eigenvalue weighted by Crippen LogP contribution is 2.32. The summed E-state index contributed by atoms with van der Waals surface area (Å²) in [6, 6.07) is 8.74. The number of pyridine rings is 1. The summed E-state index contributed by atoms with van der Waals surface area (Å²) < 4.78 is 5.51. The SMILES string of the molecule is CSc1ccc2nc(N3CCC(c4nc(C(C)C)no4)CC3)cc(C)c2c1. The zero-order valence-electron chi connectivity index (χ0n) is 16.4. The summed E-state index contributed by atoms with van der Waals surface area (Å²) >= 11 is 1.77. The Kier molecular flexibility index (Phi) is 5.08. The highest BCUT2D eigenvalue weighted by Gasteiger charge is 2.26. The molecule has 0 atom stereocenters. The lowest BCUT2D eigenvalue weighted by molar-refractivity contribution is 0.325. The molecule has 1 aliphatic rings. The summed E-state index contributed by atoms with van der Waals surface area (Å²) in [6.07, 6.45) is 4.14. The Morgan fingerprint density at radius 2 is 1.93 bits per heavy atom. The molecule has 4 rings (SSSR count). The number of aromatic nitrogens is 3. The van der Waals surface area contributed by atoms with Gasteiger partial charge in [0.25, 0.3) is 0 Å². The van der Waals surface area contributed by atoms with Crippen LogP contribution in [0.1, 0.15) is 55.8 Å². The maximum absolute atomic E-state index is 5.51. The number of thioether (sulfide) groups is 1. The minimum absolute atomic E-state index is 0.305. The fourth-order valence-electron chi connectivity index (χ4n) is 3.65. The molecule has 1 fully saturated rings. The highest BCUT2D eigenvalue weighted by molar-refractivity contribution is 7.98. The highest BCUT2D eigenvalue weighted by atomic mass is 32.2. The number of hydrogen-bond donors (Lipinski definition) is 0. The molecule has 0 saturated carbocycles. The summed E-state index contributed by atoms with van der Waals surface area (Å²) in [4.78, 5) is 13.2. The monoisotopic (exact) mass is 382 g/mol. The number of anilines is 1. The van der Waals surface area contributed by atoms with Crippen molar-refractivity contribution in [3.05, 3.63) is 41.5 Å². The molecule has 0 bridgehead atoms. The third kappa shape index (κ3) is 3.68. The Morgan fingerprint density at radius 3 is 2.59 bits per heavy atom. The first-order valence-corrected chi connectivity index (χ1v) is 10.8. The van der Waals surface area contributed by atoms with Gasteiger partial charge in [0, 0.05) is 35.2 Å². The zero-order chi connectivity index (χ0) is 19.0. The van der Waals surface area contributed by atoms with Crippen LogP contribution in [0.4, 0.5) is 5.82 Å². The van der Waals surface area contributed by atoms with Gasteiger partial charge in [-0.15, -0.1) is 11.8 Å². The second kappa shape index (κ2) is 7.50. The summed E-state index contributed by atoms with van der Waals surface area (Å²) in [5, 5.41) is 5.36. The smallest absolute Gasteiger partial charge is 0.229 e. The van der Waals surface area contributed by atoms with Crippen LogP contribution in [0.15, 0.2) is 33.7 Å². The fraction of sp³-hybridized carbons (Fsp3) is 0.476. The van der Waals surface area contributed by atoms with Gasteiger partial charge >= 0.3 is 0 Å². The van der Waals surface area contributed by atoms with Crippen LogP contribution < -0.4 is 4.90 Å². The van der Waals surface area contributed by atoms with Gasteiger partial charge in [-0.1, -0.05) is 19.0 Å². The van der Waals surface area contributed by atoms with Crippen molar-refractivity contribution in [1.29, 1.82) is 0 Å². The summed E-state index contributed by atoms with van der Waals surface area (Å²) in [6.45, 7) is 8.28. The predicted octanol–water partition coefficient (Wildman–Crippen LogP) is 5.16. The van der Waals surface area contributed by atoms with Gasteiger partial charge in [0.1, 0.15) is 5.82 Å². The van der Waals surface area contributed by atoms with Crippen LogP contribution >= 0.6 is 11.8 Å². The molecular weight excluding hydrogens is 356 g/mol. The topological polar surface area (TPSA) is 55.1 Å². The second-order valence-electron chi connectivity index (χ2n) is 7.59. The maximum Gasteiger partial charge on any atom is 0.229 e. The first-order valence-electron chi connectivity index (χ1n) is 9.59. The van der Waals surface area contributed by atoms with Crippen LogP contribution in [0.5, 0.6) is 0 Å². The molecule has 0 N–H and O–H groups in total. The van der Waals surface area contributed by atoms with E-state index in [1.165, 1.54) is 15.8 Å². The normalized spacial score (nSPS) is 15.8. The molecule has 142 valence electrons. The molecule has 0 radical (unpaired) electrons. The molecular formula is C21H26N4OS. The van der Waals surface area contributed by atoms with Crippen LogP contribution in [0.25, 0.3) is 10.9 Å². The molecule has 1 aromatic carbocycles. The van der Waals surface area contributed by atoms with E-state index >= 15 is 0 Å². The van der Waals surface area contributed by atoms with Crippen LogP contribution in [0.2, 0.25) is 0 Å². The van der Waals surface area contributed by atoms with Gasteiger partial charge in [0.05, 0.1) is 5.52 Å². The molecule has 1 aliphatic heterocycles. The number of benzene rings is 1. The molecule has 3 heterocycles. The number of hydrogen-bond acceptors (Lipinski definition) is 6. The number of piperidine rings is 1. The van der Waals surface area contributed by atoms with Gasteiger partial charge in [-0.3, -0.25) is 0 Å². The summed E-state index contributed by atoms with van der Waals surface area (Å²) in [7, 11) is 0. The standard InChI is InChI=1S/C21H26N4OS/c1-13(2)20-23-21(26-24-20)15-7-9-25(10-8-15)19-11-14(3)17-12-16(27-4)5-6-18(17)22-19/h5-6,11-13,15H,7-10H2,1-4H3. The minimum Gasteiger partial charge on any atom is -0.357 e. The van der Waals surface area contributed by atoms with Crippen molar-refractivity contribution in [3.63, 3.8) is 0 Å². The molecule has 0 spiro atoms. The van der Waals surface area contributed by atoms with Crippen LogP contribution in [0, 0.1) is 6.92 Å². The zero-order valence-corrected chi connectivity index (χ0v) is 17.2. The molecule has 6 heteroatoms. The lowest BCUT2D eigenvalue weighted by Gasteiger charge is -2.31. The minimum atomic E-state index is 0.305. The van der Waals surface area contributed by atoms with Crippen molar-refractivity contribution in [2.24, 2.45) is 0 Å². The molecule has 1 saturated heterocycles. The second-order valence-corrected chi connectivity index (χ2v) is 8.47. The van der Waals surface area contributed by atoms with E-state index in [-0.39, 0.29) is 0 Å². The van der Waals surface area contributed by atoms with Crippen molar-refractivity contribution in [2.45, 2.75) is 50.3 Å². The Balaban J connectivity index is 1.50. The Hall–Kier alpha value is -2.08. The van der Waals surface area contributed by atoms with Crippen molar-refractivity contribution in [1.82, 2.24) is 15.1 Å². The van der Waals surface area contributed by atoms with Crippen molar-refractivity contribution < 1.29 is 4.52 Å². The van der Waals surface area contributed by atoms with Crippen LogP contribution in [-0.2, 0) is 0 Å². The van der Waals surface area contributed by atoms with Crippen molar-refractivity contribution in [2.75, 3.05) is 24.2 Å². The maximum atomic E-state index is 5.51. The van der Waals surface area contributed by atoms with E-state index in [4.69, 9.17) is 9.51 Å². The van der Waals surface area contributed by atoms with E-state index in [0.717, 1.165) is 49.0 Å². The fourth-order valence-corrected chi connectivity index (χ4v) is 4.09. The molecule has 0 aliphatic carbocycles. The van der Waals surface area contributed by atoms with Crippen molar-refractivity contribution >= 4 is 28.5 Å². The van der Waals surface area contributed by atoms with Gasteiger partial charge in [0.2, 0.25) is 5.89 Å². The lowest BCUT2D eigenvalue weighted by atomic mass is 9.96. The van der Waals surface area contributed by atoms with Crippen LogP contribution in [0.3, 0.4) is 0 Å². The first-order chi connectivity index (χ1) is 13.0. The predicted molar refractivity (Wildman–Crippen MR) is 111 cm³/mol. The third-order valence-electron chi connectivity index (χ3n) is 5.35. The van der Waals surface area contributed by atoms with Crippen molar-refractivity contribution in [3.8, 4) is 0 Å². The number of rotatable bonds is 4. The summed E-state index contributed by atoms with van der Waals surface area (Å²) in [5.41, 5.74) is 2.36. The first kappa shape index (κ1) is 18.3. The molecule has 5 nitrogen and oxygen atoms in total. The van der Waals surface area contributed by atoms with Gasteiger partial charge in [-0.25, -0.2) is 4.98 Å². The van der Waals surface area contributed by atoms with Crippen LogP contribution in [-0.4, -0.2) is 34.5 Å². The molecule has 3 aromatic rings. The number of aryl methyl sites for hydroxylation is 1. The van der Waals surface area contributed by atoms with E-state index in [1.807, 2.05) is 0 Å². The number of fused-ring (bicyclic) bond motifs is 1. The Labute approximate surface area is 164 Å². The number of nitrogens with zero attached hydrogens (tertiary/aromatic N) is 4. The van der Waals surface area contributed by atoms with Gasteiger partial charge in [-0.05, 0) is 55.9 Å². The average molecular weight is 383 g/mol. The van der Waals surface area contributed by atoms with E-state index in [9.17, 15) is 0 Å². The largest absolute Gasteiger partial charge is 0.357 e. The molecule has 2 aromatic heterocycles. The Bertz CT molecular complexity index is 945. The van der Waals surface area contributed by atoms with Gasteiger partial charge in [0.15, 0.2) is 5.82 Å². The molecule has 0 unspecified atom stereocenters. The average Bonchev–Trinajstić information content (AvgIpc) is 3.18. The molecule has 27 heavy (non-hydrogen) atoms. The van der Waals surface area contributed by atoms with E-state index in [1.54, 1.807) is 11.8 Å². The van der Waals surface area contributed by atoms with E-state index in [0.29, 0.717) is 11.8 Å². The third-order valence-corrected chi connectivity index (χ3v) is 6.08. The lowest BCUT2D eigenvalue weighted by Crippen LogP contribution is -2.33. The molecule has 0 amide bonds. The van der Waals surface area contributed by atoms with E-state index in [2.05, 4.69) is 66.3 Å². The Morgan fingerprint density at radius 1 is 1.15 bits per heavy atom.